The number of nitrogens with one attached hydrogen (secondary N) is 1. The van der Waals surface area contributed by atoms with E-state index in [2.05, 4.69) is 35.1 Å². The van der Waals surface area contributed by atoms with Crippen molar-refractivity contribution in [2.75, 3.05) is 16.8 Å². The van der Waals surface area contributed by atoms with E-state index in [1.165, 1.54) is 12.1 Å². The van der Waals surface area contributed by atoms with E-state index in [0.717, 1.165) is 17.9 Å². The van der Waals surface area contributed by atoms with Gasteiger partial charge in [-0.1, -0.05) is 29.8 Å². The molecule has 0 amide bonds. The lowest BCUT2D eigenvalue weighted by atomic mass is 9.82. The zero-order valence-electron chi connectivity index (χ0n) is 11.4. The Hall–Kier alpha value is -0.360. The summed E-state index contributed by atoms with van der Waals surface area (Å²) in [7, 11) is 0. The fraction of sp³-hybridized carbons (Fsp3) is 0.571. The molecular weight excluding hydrogens is 351 g/mol. The van der Waals surface area contributed by atoms with Gasteiger partial charge in [0, 0.05) is 22.0 Å². The molecule has 0 saturated carbocycles. The molecule has 0 radical (unpaired) electrons. The Morgan fingerprint density at radius 1 is 1.35 bits per heavy atom. The minimum atomic E-state index is -4.34. The van der Waals surface area contributed by atoms with Gasteiger partial charge in [-0.3, -0.25) is 0 Å². The Morgan fingerprint density at radius 3 is 2.65 bits per heavy atom. The van der Waals surface area contributed by atoms with Gasteiger partial charge >= 0.3 is 6.18 Å². The molecular formula is C14H17BrF3NS. The summed E-state index contributed by atoms with van der Waals surface area (Å²) < 4.78 is 38.8. The fourth-order valence-corrected chi connectivity index (χ4v) is 4.29. The highest BCUT2D eigenvalue weighted by atomic mass is 79.9. The van der Waals surface area contributed by atoms with E-state index < -0.39 is 11.7 Å². The van der Waals surface area contributed by atoms with E-state index >= 15 is 0 Å². The number of hydrogen-bond donors (Lipinski definition) is 1. The standard InChI is InChI=1S/C14H17BrF3NS/c1-13(2)5-6-20-8-12(13)19-9-3-4-11(15)10(7-9)14(16,17)18/h3-4,7,12,19H,5-6,8H2,1-2H3. The van der Waals surface area contributed by atoms with Crippen LogP contribution >= 0.6 is 27.7 Å². The minimum Gasteiger partial charge on any atom is -0.381 e. The smallest absolute Gasteiger partial charge is 0.381 e. The maximum absolute atomic E-state index is 12.9. The van der Waals surface area contributed by atoms with Crippen molar-refractivity contribution in [1.82, 2.24) is 0 Å². The van der Waals surface area contributed by atoms with Gasteiger partial charge in [0.15, 0.2) is 0 Å². The lowest BCUT2D eigenvalue weighted by molar-refractivity contribution is -0.138. The van der Waals surface area contributed by atoms with E-state index in [9.17, 15) is 13.2 Å². The zero-order chi connectivity index (χ0) is 15.0. The predicted octanol–water partition coefficient (Wildman–Crippen LogP) is 5.41. The van der Waals surface area contributed by atoms with Gasteiger partial charge in [0.05, 0.1) is 5.56 Å². The van der Waals surface area contributed by atoms with Crippen molar-refractivity contribution in [1.29, 1.82) is 0 Å². The van der Waals surface area contributed by atoms with E-state index in [-0.39, 0.29) is 15.9 Å². The number of halogens is 4. The molecule has 1 aliphatic heterocycles. The second kappa shape index (κ2) is 5.79. The highest BCUT2D eigenvalue weighted by Crippen LogP contribution is 2.39. The van der Waals surface area contributed by atoms with Crippen LogP contribution in [0.1, 0.15) is 25.8 Å². The highest BCUT2D eigenvalue weighted by Gasteiger charge is 2.35. The first-order valence-corrected chi connectivity index (χ1v) is 8.36. The van der Waals surface area contributed by atoms with E-state index in [1.54, 1.807) is 6.07 Å². The first-order valence-electron chi connectivity index (χ1n) is 6.41. The van der Waals surface area contributed by atoms with Crippen molar-refractivity contribution in [2.45, 2.75) is 32.5 Å². The molecule has 1 aromatic carbocycles. The van der Waals surface area contributed by atoms with Crippen LogP contribution in [0.5, 0.6) is 0 Å². The molecule has 0 aromatic heterocycles. The van der Waals surface area contributed by atoms with Gasteiger partial charge in [0.25, 0.3) is 0 Å². The SMILES string of the molecule is CC1(C)CCSCC1Nc1ccc(Br)c(C(F)(F)F)c1. The van der Waals surface area contributed by atoms with Crippen molar-refractivity contribution < 1.29 is 13.2 Å². The average Bonchev–Trinajstić information content (AvgIpc) is 2.32. The summed E-state index contributed by atoms with van der Waals surface area (Å²) >= 11 is 4.81. The van der Waals surface area contributed by atoms with Crippen molar-refractivity contribution in [3.63, 3.8) is 0 Å². The second-order valence-electron chi connectivity index (χ2n) is 5.70. The number of anilines is 1. The van der Waals surface area contributed by atoms with Crippen LogP contribution in [0.3, 0.4) is 0 Å². The molecule has 1 atom stereocenters. The Bertz CT molecular complexity index is 488. The average molecular weight is 368 g/mol. The predicted molar refractivity (Wildman–Crippen MR) is 82.3 cm³/mol. The molecule has 1 fully saturated rings. The number of hydrogen-bond acceptors (Lipinski definition) is 2. The van der Waals surface area contributed by atoms with Crippen molar-refractivity contribution in [3.05, 3.63) is 28.2 Å². The Labute approximate surface area is 129 Å². The molecule has 1 aliphatic rings. The van der Waals surface area contributed by atoms with E-state index in [0.29, 0.717) is 5.69 Å². The number of benzene rings is 1. The summed E-state index contributed by atoms with van der Waals surface area (Å²) in [4.78, 5) is 0. The Kier molecular flexibility index (Phi) is 4.64. The summed E-state index contributed by atoms with van der Waals surface area (Å²) in [6.07, 6.45) is -3.27. The summed E-state index contributed by atoms with van der Waals surface area (Å²) in [5.74, 6) is 2.03. The normalized spacial score (nSPS) is 22.6. The molecule has 1 nitrogen and oxygen atoms in total. The number of alkyl halides is 3. The summed E-state index contributed by atoms with van der Waals surface area (Å²) in [5, 5.41) is 3.27. The van der Waals surface area contributed by atoms with Gasteiger partial charge in [0.2, 0.25) is 0 Å². The van der Waals surface area contributed by atoms with Crippen LogP contribution in [0, 0.1) is 5.41 Å². The van der Waals surface area contributed by atoms with Gasteiger partial charge in [-0.05, 0) is 35.8 Å². The maximum atomic E-state index is 12.9. The second-order valence-corrected chi connectivity index (χ2v) is 7.71. The molecule has 0 spiro atoms. The van der Waals surface area contributed by atoms with Crippen LogP contribution < -0.4 is 5.32 Å². The molecule has 112 valence electrons. The third kappa shape index (κ3) is 3.64. The van der Waals surface area contributed by atoms with Gasteiger partial charge in [-0.25, -0.2) is 0 Å². The van der Waals surface area contributed by atoms with Crippen LogP contribution in [0.4, 0.5) is 18.9 Å². The molecule has 1 saturated heterocycles. The summed E-state index contributed by atoms with van der Waals surface area (Å²) in [5.41, 5.74) is -0.0126. The molecule has 20 heavy (non-hydrogen) atoms. The molecule has 2 rings (SSSR count). The van der Waals surface area contributed by atoms with Gasteiger partial charge in [-0.15, -0.1) is 0 Å². The van der Waals surface area contributed by atoms with Crippen molar-refractivity contribution in [3.8, 4) is 0 Å². The van der Waals surface area contributed by atoms with Crippen LogP contribution in [0.2, 0.25) is 0 Å². The van der Waals surface area contributed by atoms with Gasteiger partial charge in [0.1, 0.15) is 0 Å². The van der Waals surface area contributed by atoms with Gasteiger partial charge in [-0.2, -0.15) is 24.9 Å². The summed E-state index contributed by atoms with van der Waals surface area (Å²) in [6.45, 7) is 4.32. The zero-order valence-corrected chi connectivity index (χ0v) is 13.8. The Balaban J connectivity index is 2.22. The number of thioether (sulfide) groups is 1. The van der Waals surface area contributed by atoms with Gasteiger partial charge < -0.3 is 5.32 Å². The van der Waals surface area contributed by atoms with Crippen molar-refractivity contribution >= 4 is 33.4 Å². The van der Waals surface area contributed by atoms with Crippen LogP contribution in [0.15, 0.2) is 22.7 Å². The maximum Gasteiger partial charge on any atom is 0.417 e. The largest absolute Gasteiger partial charge is 0.417 e. The van der Waals surface area contributed by atoms with Crippen molar-refractivity contribution in [2.24, 2.45) is 5.41 Å². The molecule has 1 N–H and O–H groups in total. The van der Waals surface area contributed by atoms with Crippen LogP contribution in [-0.4, -0.2) is 17.5 Å². The lowest BCUT2D eigenvalue weighted by Gasteiger charge is -2.39. The fourth-order valence-electron chi connectivity index (χ4n) is 2.21. The molecule has 0 aliphatic carbocycles. The summed E-state index contributed by atoms with van der Waals surface area (Å²) in [6, 6.07) is 4.51. The first kappa shape index (κ1) is 16.0. The molecule has 6 heteroatoms. The lowest BCUT2D eigenvalue weighted by Crippen LogP contribution is -2.41. The quantitative estimate of drug-likeness (QED) is 0.749. The molecule has 1 heterocycles. The van der Waals surface area contributed by atoms with Crippen LogP contribution in [-0.2, 0) is 6.18 Å². The van der Waals surface area contributed by atoms with Crippen LogP contribution in [0.25, 0.3) is 0 Å². The molecule has 0 bridgehead atoms. The van der Waals surface area contributed by atoms with E-state index in [1.807, 2.05) is 11.8 Å². The monoisotopic (exact) mass is 367 g/mol. The first-order chi connectivity index (χ1) is 9.20. The minimum absolute atomic E-state index is 0.0767. The highest BCUT2D eigenvalue weighted by molar-refractivity contribution is 9.10. The number of rotatable bonds is 2. The third-order valence-electron chi connectivity index (χ3n) is 3.73. The molecule has 1 aromatic rings. The molecule has 1 unspecified atom stereocenters. The third-order valence-corrected chi connectivity index (χ3v) is 5.48. The topological polar surface area (TPSA) is 12.0 Å². The van der Waals surface area contributed by atoms with E-state index in [4.69, 9.17) is 0 Å². The Morgan fingerprint density at radius 2 is 2.05 bits per heavy atom.